The van der Waals surface area contributed by atoms with Crippen molar-refractivity contribution in [2.45, 2.75) is 57.5 Å². The summed E-state index contributed by atoms with van der Waals surface area (Å²) in [5, 5.41) is 37.4. The molecule has 0 radical (unpaired) electrons. The molecule has 5 atom stereocenters. The molecule has 2 aromatic rings. The van der Waals surface area contributed by atoms with E-state index in [-0.39, 0.29) is 23.0 Å². The standard InChI is InChI=1S/C18H24O2.C6H6O2/c1-18-9-8-14-13-5-3-12(19)10-11(13)2-4-15(14)16(18)6-7-17(18)20;7-5-2-1-3-6(8)4-5/h3,5,10,14-17,19-20H,2,4,6-9H2,1H3;1-4,7-8H/t14-,15-,16+,17-,18+;/m1./s1. The Balaban J connectivity index is 0.000000203. The van der Waals surface area contributed by atoms with Gasteiger partial charge in [-0.1, -0.05) is 19.1 Å². The molecule has 2 saturated carbocycles. The Kier molecular flexibility index (Phi) is 5.00. The number of aryl methyl sites for hydroxylation is 1. The van der Waals surface area contributed by atoms with Crippen molar-refractivity contribution in [3.63, 3.8) is 0 Å². The van der Waals surface area contributed by atoms with Gasteiger partial charge in [0.05, 0.1) is 6.10 Å². The van der Waals surface area contributed by atoms with E-state index in [0.717, 1.165) is 25.2 Å². The first-order valence-electron chi connectivity index (χ1n) is 10.4. The second-order valence-electron chi connectivity index (χ2n) is 8.96. The number of hydrogen-bond donors (Lipinski definition) is 4. The molecule has 0 aliphatic heterocycles. The molecule has 2 fully saturated rings. The summed E-state index contributed by atoms with van der Waals surface area (Å²) in [5.41, 5.74) is 2.99. The van der Waals surface area contributed by atoms with E-state index in [1.165, 1.54) is 48.6 Å². The summed E-state index contributed by atoms with van der Waals surface area (Å²) >= 11 is 0. The highest BCUT2D eigenvalue weighted by Gasteiger charge is 2.54. The minimum Gasteiger partial charge on any atom is -0.508 e. The first kappa shape index (κ1) is 19.1. The molecular formula is C24H30O4. The minimum atomic E-state index is -0.0883. The Bertz CT molecular complexity index is 831. The number of aliphatic hydroxyl groups is 1. The minimum absolute atomic E-state index is 0.0880. The fraction of sp³-hybridized carbons (Fsp3) is 0.500. The van der Waals surface area contributed by atoms with Crippen molar-refractivity contribution in [2.24, 2.45) is 17.3 Å². The summed E-state index contributed by atoms with van der Waals surface area (Å²) in [4.78, 5) is 0. The topological polar surface area (TPSA) is 80.9 Å². The number of rotatable bonds is 0. The second-order valence-corrected chi connectivity index (χ2v) is 8.96. The molecule has 0 aromatic heterocycles. The Hall–Kier alpha value is -2.20. The van der Waals surface area contributed by atoms with Crippen LogP contribution in [0.5, 0.6) is 17.2 Å². The maximum atomic E-state index is 10.4. The molecule has 0 saturated heterocycles. The predicted octanol–water partition coefficient (Wildman–Crippen LogP) is 4.71. The highest BCUT2D eigenvalue weighted by molar-refractivity contribution is 5.40. The van der Waals surface area contributed by atoms with Crippen molar-refractivity contribution in [3.8, 4) is 17.2 Å². The molecule has 4 nitrogen and oxygen atoms in total. The first-order chi connectivity index (χ1) is 13.4. The molecule has 0 heterocycles. The highest BCUT2D eigenvalue weighted by atomic mass is 16.3. The first-order valence-corrected chi connectivity index (χ1v) is 10.4. The molecule has 3 aliphatic carbocycles. The lowest BCUT2D eigenvalue weighted by Crippen LogP contribution is -2.43. The second kappa shape index (κ2) is 7.32. The fourth-order valence-electron chi connectivity index (χ4n) is 6.03. The van der Waals surface area contributed by atoms with E-state index in [9.17, 15) is 10.2 Å². The molecule has 4 heteroatoms. The number of benzene rings is 2. The van der Waals surface area contributed by atoms with E-state index < -0.39 is 0 Å². The summed E-state index contributed by atoms with van der Waals surface area (Å²) < 4.78 is 0. The lowest BCUT2D eigenvalue weighted by molar-refractivity contribution is -0.0226. The van der Waals surface area contributed by atoms with Crippen LogP contribution in [-0.4, -0.2) is 26.5 Å². The van der Waals surface area contributed by atoms with E-state index in [1.807, 2.05) is 12.1 Å². The predicted molar refractivity (Wildman–Crippen MR) is 109 cm³/mol. The van der Waals surface area contributed by atoms with Crippen molar-refractivity contribution >= 4 is 0 Å². The van der Waals surface area contributed by atoms with Crippen molar-refractivity contribution in [3.05, 3.63) is 53.6 Å². The van der Waals surface area contributed by atoms with Gasteiger partial charge >= 0.3 is 0 Å². The summed E-state index contributed by atoms with van der Waals surface area (Å²) in [6.45, 7) is 2.32. The average molecular weight is 382 g/mol. The van der Waals surface area contributed by atoms with Crippen LogP contribution in [0, 0.1) is 17.3 Å². The van der Waals surface area contributed by atoms with Crippen molar-refractivity contribution in [2.75, 3.05) is 0 Å². The number of phenolic OH excluding ortho intramolecular Hbond substituents is 3. The summed E-state index contributed by atoms with van der Waals surface area (Å²) in [7, 11) is 0. The molecule has 28 heavy (non-hydrogen) atoms. The van der Waals surface area contributed by atoms with Crippen LogP contribution in [0.3, 0.4) is 0 Å². The Morgan fingerprint density at radius 3 is 2.25 bits per heavy atom. The van der Waals surface area contributed by atoms with Gasteiger partial charge in [-0.2, -0.15) is 0 Å². The van der Waals surface area contributed by atoms with Crippen LogP contribution in [0.1, 0.15) is 56.1 Å². The van der Waals surface area contributed by atoms with Crippen LogP contribution in [0.2, 0.25) is 0 Å². The molecular weight excluding hydrogens is 352 g/mol. The molecule has 5 rings (SSSR count). The Morgan fingerprint density at radius 2 is 1.57 bits per heavy atom. The Labute approximate surface area is 166 Å². The van der Waals surface area contributed by atoms with Crippen LogP contribution in [-0.2, 0) is 6.42 Å². The van der Waals surface area contributed by atoms with Crippen LogP contribution < -0.4 is 0 Å². The quantitative estimate of drug-likeness (QED) is 0.532. The molecule has 0 unspecified atom stereocenters. The van der Waals surface area contributed by atoms with Gasteiger partial charge < -0.3 is 20.4 Å². The molecule has 150 valence electrons. The van der Waals surface area contributed by atoms with Gasteiger partial charge in [-0.25, -0.2) is 0 Å². The Morgan fingerprint density at radius 1 is 0.857 bits per heavy atom. The number of fused-ring (bicyclic) bond motifs is 5. The summed E-state index contributed by atoms with van der Waals surface area (Å²) in [6.07, 6.45) is 6.78. The molecule has 0 spiro atoms. The van der Waals surface area contributed by atoms with Crippen LogP contribution in [0.25, 0.3) is 0 Å². The van der Waals surface area contributed by atoms with Gasteiger partial charge in [-0.3, -0.25) is 0 Å². The lowest BCUT2D eigenvalue weighted by atomic mass is 9.55. The monoisotopic (exact) mass is 382 g/mol. The smallest absolute Gasteiger partial charge is 0.119 e. The fourth-order valence-corrected chi connectivity index (χ4v) is 6.03. The SMILES string of the molecule is C[C@]12CC[C@@H]3c4ccc(O)cc4CC[C@H]3[C@@H]1CC[C@H]2O.Oc1cccc(O)c1. The number of aromatic hydroxyl groups is 3. The zero-order valence-electron chi connectivity index (χ0n) is 16.4. The van der Waals surface area contributed by atoms with Gasteiger partial charge in [0.2, 0.25) is 0 Å². The molecule has 3 aliphatic rings. The van der Waals surface area contributed by atoms with Crippen molar-refractivity contribution < 1.29 is 20.4 Å². The third-order valence-corrected chi connectivity index (χ3v) is 7.49. The van der Waals surface area contributed by atoms with Gasteiger partial charge in [0.15, 0.2) is 0 Å². The number of aliphatic hydroxyl groups excluding tert-OH is 1. The molecule has 4 N–H and O–H groups in total. The lowest BCUT2D eigenvalue weighted by Gasteiger charge is -2.50. The van der Waals surface area contributed by atoms with Gasteiger partial charge in [-0.15, -0.1) is 0 Å². The van der Waals surface area contributed by atoms with Crippen molar-refractivity contribution in [1.29, 1.82) is 0 Å². The maximum Gasteiger partial charge on any atom is 0.119 e. The van der Waals surface area contributed by atoms with E-state index in [2.05, 4.69) is 13.0 Å². The molecule has 0 bridgehead atoms. The average Bonchev–Trinajstić information content (AvgIpc) is 2.96. The van der Waals surface area contributed by atoms with Gasteiger partial charge in [0, 0.05) is 6.07 Å². The summed E-state index contributed by atoms with van der Waals surface area (Å²) in [5.74, 6) is 2.66. The zero-order chi connectivity index (χ0) is 19.9. The van der Waals surface area contributed by atoms with E-state index in [4.69, 9.17) is 10.2 Å². The van der Waals surface area contributed by atoms with Crippen LogP contribution >= 0.6 is 0 Å². The molecule has 2 aromatic carbocycles. The highest BCUT2D eigenvalue weighted by Crippen LogP contribution is 2.60. The largest absolute Gasteiger partial charge is 0.508 e. The van der Waals surface area contributed by atoms with E-state index in [1.54, 1.807) is 6.07 Å². The normalized spacial score (nSPS) is 33.1. The molecule has 0 amide bonds. The summed E-state index contributed by atoms with van der Waals surface area (Å²) in [6, 6.07) is 11.8. The van der Waals surface area contributed by atoms with Crippen molar-refractivity contribution in [1.82, 2.24) is 0 Å². The zero-order valence-corrected chi connectivity index (χ0v) is 16.4. The third-order valence-electron chi connectivity index (χ3n) is 7.49. The van der Waals surface area contributed by atoms with Crippen LogP contribution in [0.4, 0.5) is 0 Å². The van der Waals surface area contributed by atoms with Gasteiger partial charge in [0.1, 0.15) is 17.2 Å². The van der Waals surface area contributed by atoms with E-state index >= 15 is 0 Å². The maximum absolute atomic E-state index is 10.4. The van der Waals surface area contributed by atoms with E-state index in [0.29, 0.717) is 17.6 Å². The van der Waals surface area contributed by atoms with Gasteiger partial charge in [-0.05, 0) is 97.1 Å². The van der Waals surface area contributed by atoms with Gasteiger partial charge in [0.25, 0.3) is 0 Å². The number of hydrogen-bond acceptors (Lipinski definition) is 4. The van der Waals surface area contributed by atoms with Crippen LogP contribution in [0.15, 0.2) is 42.5 Å². The number of phenols is 3. The third kappa shape index (κ3) is 3.35.